The van der Waals surface area contributed by atoms with Crippen LogP contribution in [0.2, 0.25) is 0 Å². The largest absolute Gasteiger partial charge is 0.480 e. The van der Waals surface area contributed by atoms with Gasteiger partial charge >= 0.3 is 5.97 Å². The molecule has 22 heavy (non-hydrogen) atoms. The van der Waals surface area contributed by atoms with E-state index in [1.54, 1.807) is 12.3 Å². The standard InChI is InChI=1S/C16H13BrN2O3/c17-13-5-12(7-18-8-13)15(20)19-9-11-4-2-1-3-10(11)6-14(19)16(21)22/h1-5,7-8,14H,6,9H2,(H,21,22)/t14-/m1/s1. The molecule has 1 aromatic carbocycles. The summed E-state index contributed by atoms with van der Waals surface area (Å²) in [5, 5.41) is 9.47. The summed E-state index contributed by atoms with van der Waals surface area (Å²) in [7, 11) is 0. The number of halogens is 1. The van der Waals surface area contributed by atoms with Crippen molar-refractivity contribution in [1.82, 2.24) is 9.88 Å². The molecule has 0 fully saturated rings. The first kappa shape index (κ1) is 14.7. The van der Waals surface area contributed by atoms with Gasteiger partial charge in [-0.2, -0.15) is 0 Å². The minimum atomic E-state index is -0.995. The molecule has 112 valence electrons. The van der Waals surface area contributed by atoms with Crippen molar-refractivity contribution in [3.63, 3.8) is 0 Å². The second-order valence-corrected chi connectivity index (χ2v) is 6.07. The van der Waals surface area contributed by atoms with Crippen LogP contribution < -0.4 is 0 Å². The summed E-state index contributed by atoms with van der Waals surface area (Å²) < 4.78 is 0.683. The van der Waals surface area contributed by atoms with Crippen molar-refractivity contribution in [2.24, 2.45) is 0 Å². The maximum Gasteiger partial charge on any atom is 0.326 e. The lowest BCUT2D eigenvalue weighted by Gasteiger charge is -2.34. The highest BCUT2D eigenvalue weighted by molar-refractivity contribution is 9.10. The van der Waals surface area contributed by atoms with Crippen molar-refractivity contribution in [2.45, 2.75) is 19.0 Å². The van der Waals surface area contributed by atoms with E-state index >= 15 is 0 Å². The molecule has 5 nitrogen and oxygen atoms in total. The zero-order valence-electron chi connectivity index (χ0n) is 11.6. The molecule has 2 aromatic rings. The monoisotopic (exact) mass is 360 g/mol. The highest BCUT2D eigenvalue weighted by atomic mass is 79.9. The Morgan fingerprint density at radius 2 is 1.95 bits per heavy atom. The van der Waals surface area contributed by atoms with Gasteiger partial charge in [0.2, 0.25) is 0 Å². The van der Waals surface area contributed by atoms with Gasteiger partial charge in [-0.1, -0.05) is 24.3 Å². The van der Waals surface area contributed by atoms with E-state index < -0.39 is 12.0 Å². The molecule has 3 rings (SSSR count). The Balaban J connectivity index is 1.97. The van der Waals surface area contributed by atoms with Gasteiger partial charge in [0.05, 0.1) is 5.56 Å². The van der Waals surface area contributed by atoms with Crippen molar-refractivity contribution in [3.8, 4) is 0 Å². The van der Waals surface area contributed by atoms with Crippen LogP contribution in [0.25, 0.3) is 0 Å². The molecular formula is C16H13BrN2O3. The number of carboxylic acids is 1. The normalized spacial score (nSPS) is 17.0. The van der Waals surface area contributed by atoms with Crippen LogP contribution in [0.3, 0.4) is 0 Å². The second kappa shape index (κ2) is 5.88. The summed E-state index contributed by atoms with van der Waals surface area (Å²) in [4.78, 5) is 29.6. The average Bonchev–Trinajstić information content (AvgIpc) is 2.52. The fourth-order valence-corrected chi connectivity index (χ4v) is 3.02. The predicted octanol–water partition coefficient (Wildman–Crippen LogP) is 2.50. The second-order valence-electron chi connectivity index (χ2n) is 5.15. The van der Waals surface area contributed by atoms with Crippen LogP contribution in [-0.4, -0.2) is 32.9 Å². The molecule has 0 radical (unpaired) electrons. The molecule has 1 aliphatic rings. The molecule has 6 heteroatoms. The highest BCUT2D eigenvalue weighted by Crippen LogP contribution is 2.25. The molecular weight excluding hydrogens is 348 g/mol. The van der Waals surface area contributed by atoms with Crippen molar-refractivity contribution >= 4 is 27.8 Å². The SMILES string of the molecule is O=C(O)[C@H]1Cc2ccccc2CN1C(=O)c1cncc(Br)c1. The van der Waals surface area contributed by atoms with Crippen LogP contribution in [0.5, 0.6) is 0 Å². The van der Waals surface area contributed by atoms with Crippen LogP contribution in [0.15, 0.2) is 47.2 Å². The molecule has 0 aliphatic carbocycles. The predicted molar refractivity (Wildman–Crippen MR) is 83.4 cm³/mol. The van der Waals surface area contributed by atoms with Gasteiger partial charge in [-0.25, -0.2) is 4.79 Å². The maximum absolute atomic E-state index is 12.7. The number of rotatable bonds is 2. The Hall–Kier alpha value is -2.21. The lowest BCUT2D eigenvalue weighted by molar-refractivity contribution is -0.142. The molecule has 0 unspecified atom stereocenters. The third kappa shape index (κ3) is 2.74. The van der Waals surface area contributed by atoms with Crippen LogP contribution in [0, 0.1) is 0 Å². The zero-order chi connectivity index (χ0) is 15.7. The molecule has 0 saturated heterocycles. The number of fused-ring (bicyclic) bond motifs is 1. The Morgan fingerprint density at radius 1 is 1.23 bits per heavy atom. The Labute approximate surface area is 135 Å². The number of nitrogens with zero attached hydrogens (tertiary/aromatic N) is 2. The van der Waals surface area contributed by atoms with Crippen LogP contribution in [0.1, 0.15) is 21.5 Å². The van der Waals surface area contributed by atoms with E-state index in [0.29, 0.717) is 23.0 Å². The number of carbonyl (C=O) groups excluding carboxylic acids is 1. The Bertz CT molecular complexity index is 748. The number of carbonyl (C=O) groups is 2. The third-order valence-corrected chi connectivity index (χ3v) is 4.18. The van der Waals surface area contributed by atoms with E-state index in [9.17, 15) is 14.7 Å². The summed E-state index contributed by atoms with van der Waals surface area (Å²) in [6.45, 7) is 0.290. The van der Waals surface area contributed by atoms with E-state index in [1.807, 2.05) is 24.3 Å². The van der Waals surface area contributed by atoms with Crippen LogP contribution >= 0.6 is 15.9 Å². The molecule has 1 aromatic heterocycles. The molecule has 1 amide bonds. The van der Waals surface area contributed by atoms with Gasteiger partial charge in [0.25, 0.3) is 5.91 Å². The van der Waals surface area contributed by atoms with Crippen LogP contribution in [0.4, 0.5) is 0 Å². The molecule has 1 atom stereocenters. The zero-order valence-corrected chi connectivity index (χ0v) is 13.2. The molecule has 0 bridgehead atoms. The van der Waals surface area contributed by atoms with Gasteiger partial charge in [-0.15, -0.1) is 0 Å². The summed E-state index contributed by atoms with van der Waals surface area (Å²) in [6, 6.07) is 8.40. The molecule has 2 heterocycles. The first-order valence-corrected chi connectivity index (χ1v) is 7.56. The van der Waals surface area contributed by atoms with Crippen LogP contribution in [-0.2, 0) is 17.8 Å². The smallest absolute Gasteiger partial charge is 0.326 e. The van der Waals surface area contributed by atoms with Crippen molar-refractivity contribution in [2.75, 3.05) is 0 Å². The van der Waals surface area contributed by atoms with Gasteiger partial charge in [0, 0.05) is 29.8 Å². The molecule has 0 spiro atoms. The quantitative estimate of drug-likeness (QED) is 0.892. The maximum atomic E-state index is 12.7. The molecule has 0 saturated carbocycles. The number of aliphatic carboxylic acids is 1. The summed E-state index contributed by atoms with van der Waals surface area (Å²) >= 11 is 3.27. The minimum Gasteiger partial charge on any atom is -0.480 e. The number of hydrogen-bond acceptors (Lipinski definition) is 3. The van der Waals surface area contributed by atoms with Gasteiger partial charge in [-0.3, -0.25) is 9.78 Å². The lowest BCUT2D eigenvalue weighted by atomic mass is 9.93. The summed E-state index contributed by atoms with van der Waals surface area (Å²) in [5.41, 5.74) is 2.34. The van der Waals surface area contributed by atoms with E-state index in [1.165, 1.54) is 11.1 Å². The first-order valence-electron chi connectivity index (χ1n) is 6.77. The number of carboxylic acid groups (broad SMARTS) is 1. The number of amides is 1. The van der Waals surface area contributed by atoms with Gasteiger partial charge in [-0.05, 0) is 33.1 Å². The third-order valence-electron chi connectivity index (χ3n) is 3.75. The fraction of sp³-hybridized carbons (Fsp3) is 0.188. The van der Waals surface area contributed by atoms with Gasteiger partial charge < -0.3 is 10.0 Å². The fourth-order valence-electron chi connectivity index (χ4n) is 2.65. The topological polar surface area (TPSA) is 70.5 Å². The van der Waals surface area contributed by atoms with E-state index in [-0.39, 0.29) is 5.91 Å². The highest BCUT2D eigenvalue weighted by Gasteiger charge is 2.35. The number of pyridine rings is 1. The van der Waals surface area contributed by atoms with Gasteiger partial charge in [0.1, 0.15) is 6.04 Å². The summed E-state index contributed by atoms with van der Waals surface area (Å²) in [5.74, 6) is -1.32. The minimum absolute atomic E-state index is 0.290. The van der Waals surface area contributed by atoms with E-state index in [0.717, 1.165) is 11.1 Å². The van der Waals surface area contributed by atoms with Gasteiger partial charge in [0.15, 0.2) is 0 Å². The number of benzene rings is 1. The molecule has 1 aliphatic heterocycles. The molecule has 1 N–H and O–H groups in total. The van der Waals surface area contributed by atoms with Crippen molar-refractivity contribution in [3.05, 3.63) is 63.9 Å². The average molecular weight is 361 g/mol. The van der Waals surface area contributed by atoms with Crippen molar-refractivity contribution in [1.29, 1.82) is 0 Å². The summed E-state index contributed by atoms with van der Waals surface area (Å²) in [6.07, 6.45) is 3.35. The number of hydrogen-bond donors (Lipinski definition) is 1. The first-order chi connectivity index (χ1) is 10.6. The number of aromatic nitrogens is 1. The van der Waals surface area contributed by atoms with Crippen molar-refractivity contribution < 1.29 is 14.7 Å². The van der Waals surface area contributed by atoms with E-state index in [2.05, 4.69) is 20.9 Å². The Morgan fingerprint density at radius 3 is 2.64 bits per heavy atom. The van der Waals surface area contributed by atoms with E-state index in [4.69, 9.17) is 0 Å². The Kier molecular flexibility index (Phi) is 3.94. The lowest BCUT2D eigenvalue weighted by Crippen LogP contribution is -2.48.